The Balaban J connectivity index is 1.39. The molecule has 2 aliphatic rings. The van der Waals surface area contributed by atoms with E-state index in [2.05, 4.69) is 10.3 Å². The molecule has 2 unspecified atom stereocenters. The minimum Gasteiger partial charge on any atom is -0.386 e. The molecule has 206 valence electrons. The van der Waals surface area contributed by atoms with Gasteiger partial charge in [-0.2, -0.15) is 0 Å². The molecule has 1 aromatic heterocycles. The van der Waals surface area contributed by atoms with Gasteiger partial charge in [-0.1, -0.05) is 17.7 Å². The fourth-order valence-electron chi connectivity index (χ4n) is 6.01. The predicted octanol–water partition coefficient (Wildman–Crippen LogP) is 5.00. The van der Waals surface area contributed by atoms with Gasteiger partial charge in [-0.15, -0.1) is 0 Å². The van der Waals surface area contributed by atoms with Crippen LogP contribution in [0.15, 0.2) is 59.5 Å². The van der Waals surface area contributed by atoms with Crippen molar-refractivity contribution in [2.24, 2.45) is 11.8 Å². The number of benzene rings is 2. The standard InChI is InChI=1S/C28H27ClF2N2O5S/c1-15-3-2-4-24(32-15)26(34)28(36)17-6-7-18(28)13-20(12-17)39(37,38)25-11-16(5-9-21(25)29)27(35)33-19-8-10-22(30)23(31)14-19/h2-5,8-11,14,17-18,20,26,34,36H,6-7,12-13H2,1H3,(H,33,35)/t17-,18+,20?,26-,28?/m1/s1. The first kappa shape index (κ1) is 27.6. The Morgan fingerprint density at radius 1 is 1.08 bits per heavy atom. The third kappa shape index (κ3) is 4.95. The molecule has 39 heavy (non-hydrogen) atoms. The van der Waals surface area contributed by atoms with Crippen molar-refractivity contribution in [2.45, 2.75) is 54.5 Å². The number of carbonyl (C=O) groups is 1. The number of amides is 1. The summed E-state index contributed by atoms with van der Waals surface area (Å²) >= 11 is 6.29. The quantitative estimate of drug-likeness (QED) is 0.380. The van der Waals surface area contributed by atoms with Gasteiger partial charge in [0.05, 0.1) is 20.9 Å². The molecule has 2 saturated carbocycles. The van der Waals surface area contributed by atoms with Crippen LogP contribution in [0.4, 0.5) is 14.5 Å². The number of pyridine rings is 1. The number of hydrogen-bond donors (Lipinski definition) is 3. The van der Waals surface area contributed by atoms with E-state index in [9.17, 15) is 32.2 Å². The van der Waals surface area contributed by atoms with E-state index in [0.29, 0.717) is 24.2 Å². The van der Waals surface area contributed by atoms with Crippen LogP contribution in [0, 0.1) is 30.4 Å². The summed E-state index contributed by atoms with van der Waals surface area (Å²) in [6, 6.07) is 11.9. The maximum atomic E-state index is 13.8. The maximum Gasteiger partial charge on any atom is 0.255 e. The Morgan fingerprint density at radius 3 is 2.41 bits per heavy atom. The van der Waals surface area contributed by atoms with Crippen molar-refractivity contribution in [2.75, 3.05) is 5.32 Å². The molecule has 7 nitrogen and oxygen atoms in total. The zero-order chi connectivity index (χ0) is 28.1. The van der Waals surface area contributed by atoms with Crippen LogP contribution >= 0.6 is 11.6 Å². The van der Waals surface area contributed by atoms with Gasteiger partial charge in [0.15, 0.2) is 21.5 Å². The Kier molecular flexibility index (Phi) is 7.26. The summed E-state index contributed by atoms with van der Waals surface area (Å²) in [5, 5.41) is 24.3. The Bertz CT molecular complexity index is 1540. The van der Waals surface area contributed by atoms with Crippen LogP contribution in [0.1, 0.15) is 53.5 Å². The number of sulfone groups is 1. The van der Waals surface area contributed by atoms with Crippen LogP contribution in [0.3, 0.4) is 0 Å². The fourth-order valence-corrected chi connectivity index (χ4v) is 8.42. The van der Waals surface area contributed by atoms with E-state index in [1.807, 2.05) is 0 Å². The molecule has 11 heteroatoms. The molecule has 2 aromatic carbocycles. The number of aliphatic hydroxyl groups excluding tert-OH is 1. The lowest BCUT2D eigenvalue weighted by Crippen LogP contribution is -2.52. The SMILES string of the molecule is Cc1cccc([C@@H](O)C2(O)[C@@H]3CC[C@H]2CC(S(=O)(=O)c2cc(C(=O)Nc4ccc(F)c(F)c4)ccc2Cl)C3)n1. The highest BCUT2D eigenvalue weighted by Crippen LogP contribution is 2.56. The maximum absolute atomic E-state index is 13.8. The normalized spacial score (nSPS) is 25.3. The van der Waals surface area contributed by atoms with Crippen molar-refractivity contribution in [3.8, 4) is 0 Å². The molecule has 3 aromatic rings. The van der Waals surface area contributed by atoms with E-state index in [-0.39, 0.29) is 34.0 Å². The smallest absolute Gasteiger partial charge is 0.255 e. The Labute approximate surface area is 229 Å². The number of nitrogens with one attached hydrogen (secondary N) is 1. The highest BCUT2D eigenvalue weighted by molar-refractivity contribution is 7.92. The van der Waals surface area contributed by atoms with Crippen LogP contribution in [0.5, 0.6) is 0 Å². The molecule has 2 fully saturated rings. The molecular formula is C28H27ClF2N2O5S. The van der Waals surface area contributed by atoms with E-state index in [0.717, 1.165) is 12.1 Å². The van der Waals surface area contributed by atoms with Crippen molar-refractivity contribution in [3.63, 3.8) is 0 Å². The van der Waals surface area contributed by atoms with Crippen molar-refractivity contribution in [1.29, 1.82) is 0 Å². The molecule has 3 N–H and O–H groups in total. The zero-order valence-corrected chi connectivity index (χ0v) is 22.5. The highest BCUT2D eigenvalue weighted by atomic mass is 35.5. The summed E-state index contributed by atoms with van der Waals surface area (Å²) in [4.78, 5) is 16.9. The predicted molar refractivity (Wildman–Crippen MR) is 141 cm³/mol. The molecule has 5 atom stereocenters. The van der Waals surface area contributed by atoms with Gasteiger partial charge in [0, 0.05) is 23.0 Å². The molecule has 1 heterocycles. The van der Waals surface area contributed by atoms with Crippen LogP contribution in [-0.4, -0.2) is 40.4 Å². The summed E-state index contributed by atoms with van der Waals surface area (Å²) in [6.45, 7) is 1.79. The second-order valence-electron chi connectivity index (χ2n) is 10.3. The molecule has 0 saturated heterocycles. The summed E-state index contributed by atoms with van der Waals surface area (Å²) < 4.78 is 54.3. The summed E-state index contributed by atoms with van der Waals surface area (Å²) in [6.07, 6.45) is 0.0751. The van der Waals surface area contributed by atoms with E-state index in [4.69, 9.17) is 11.6 Å². The van der Waals surface area contributed by atoms with Crippen molar-refractivity contribution in [3.05, 3.63) is 88.2 Å². The topological polar surface area (TPSA) is 117 Å². The third-order valence-electron chi connectivity index (χ3n) is 8.01. The summed E-state index contributed by atoms with van der Waals surface area (Å²) in [7, 11) is -4.04. The van der Waals surface area contributed by atoms with Crippen molar-refractivity contribution in [1.82, 2.24) is 4.98 Å². The minimum atomic E-state index is -4.04. The minimum absolute atomic E-state index is 0.00283. The van der Waals surface area contributed by atoms with Crippen LogP contribution < -0.4 is 5.32 Å². The number of rotatable bonds is 6. The molecule has 0 radical (unpaired) electrons. The lowest BCUT2D eigenvalue weighted by Gasteiger charge is -2.45. The number of carbonyl (C=O) groups excluding carboxylic acids is 1. The molecule has 0 spiro atoms. The van der Waals surface area contributed by atoms with Crippen LogP contribution in [-0.2, 0) is 9.84 Å². The van der Waals surface area contributed by atoms with Gasteiger partial charge in [-0.25, -0.2) is 17.2 Å². The van der Waals surface area contributed by atoms with Gasteiger partial charge in [0.2, 0.25) is 0 Å². The number of anilines is 1. The fraction of sp³-hybridized carbons (Fsp3) is 0.357. The molecule has 5 rings (SSSR count). The van der Waals surface area contributed by atoms with Gasteiger partial charge >= 0.3 is 0 Å². The van der Waals surface area contributed by atoms with E-state index < -0.39 is 56.2 Å². The van der Waals surface area contributed by atoms with E-state index in [1.165, 1.54) is 24.3 Å². The average molecular weight is 577 g/mol. The first-order valence-electron chi connectivity index (χ1n) is 12.5. The van der Waals surface area contributed by atoms with Crippen molar-refractivity contribution < 1.29 is 32.2 Å². The van der Waals surface area contributed by atoms with Crippen molar-refractivity contribution >= 4 is 33.0 Å². The van der Waals surface area contributed by atoms with Gasteiger partial charge in [0.1, 0.15) is 11.7 Å². The van der Waals surface area contributed by atoms with Gasteiger partial charge < -0.3 is 15.5 Å². The zero-order valence-electron chi connectivity index (χ0n) is 20.9. The molecule has 2 aliphatic carbocycles. The first-order valence-corrected chi connectivity index (χ1v) is 14.5. The summed E-state index contributed by atoms with van der Waals surface area (Å²) in [5.74, 6) is -3.88. The van der Waals surface area contributed by atoms with Crippen LogP contribution in [0.2, 0.25) is 5.02 Å². The number of fused-ring (bicyclic) bond motifs is 2. The number of aryl methyl sites for hydroxylation is 1. The highest BCUT2D eigenvalue weighted by Gasteiger charge is 2.59. The number of hydrogen-bond acceptors (Lipinski definition) is 6. The first-order chi connectivity index (χ1) is 18.4. The van der Waals surface area contributed by atoms with Crippen LogP contribution in [0.25, 0.3) is 0 Å². The molecule has 1 amide bonds. The van der Waals surface area contributed by atoms with E-state index >= 15 is 0 Å². The van der Waals surface area contributed by atoms with Gasteiger partial charge in [-0.05, 0) is 86.9 Å². The van der Waals surface area contributed by atoms with E-state index in [1.54, 1.807) is 25.1 Å². The second-order valence-corrected chi connectivity index (χ2v) is 12.9. The third-order valence-corrected chi connectivity index (χ3v) is 10.7. The number of nitrogens with zero attached hydrogens (tertiary/aromatic N) is 1. The lowest BCUT2D eigenvalue weighted by molar-refractivity contribution is -0.145. The second kappa shape index (κ2) is 10.2. The molecule has 2 bridgehead atoms. The average Bonchev–Trinajstić information content (AvgIpc) is 3.05. The monoisotopic (exact) mass is 576 g/mol. The summed E-state index contributed by atoms with van der Waals surface area (Å²) in [5.41, 5.74) is -0.495. The number of aliphatic hydroxyl groups is 2. The van der Waals surface area contributed by atoms with Gasteiger partial charge in [-0.3, -0.25) is 9.78 Å². The lowest BCUT2D eigenvalue weighted by atomic mass is 9.70. The molecular weight excluding hydrogens is 550 g/mol. The Hall–Kier alpha value is -2.92. The molecule has 0 aliphatic heterocycles. The largest absolute Gasteiger partial charge is 0.386 e. The Morgan fingerprint density at radius 2 is 1.77 bits per heavy atom. The number of halogens is 3. The number of aromatic nitrogens is 1. The van der Waals surface area contributed by atoms with Gasteiger partial charge in [0.25, 0.3) is 5.91 Å².